The quantitative estimate of drug-likeness (QED) is 0.617. The standard InChI is InChI=1S/C22H22N2O4S/c1-17-9-11-20(12-10-17)29(26,27)21(18-6-5-13-23-14-18)15-24-22(25)16-28-19-7-3-2-4-8-19/h2-14,21H,15-16H2,1H3,(H,24,25)/t21-/m1/s1. The molecular formula is C22H22N2O4S. The Kier molecular flexibility index (Phi) is 6.61. The number of sulfone groups is 1. The minimum absolute atomic E-state index is 0.0844. The molecule has 1 amide bonds. The lowest BCUT2D eigenvalue weighted by atomic mass is 10.2. The summed E-state index contributed by atoms with van der Waals surface area (Å²) in [6, 6.07) is 19.0. The number of carbonyl (C=O) groups excluding carboxylic acids is 1. The Labute approximate surface area is 170 Å². The molecule has 0 unspecified atom stereocenters. The second-order valence-corrected chi connectivity index (χ2v) is 8.67. The molecular weight excluding hydrogens is 388 g/mol. The number of aromatic nitrogens is 1. The van der Waals surface area contributed by atoms with Gasteiger partial charge in [-0.15, -0.1) is 0 Å². The molecule has 150 valence electrons. The topological polar surface area (TPSA) is 85.4 Å². The zero-order chi connectivity index (χ0) is 20.7. The summed E-state index contributed by atoms with van der Waals surface area (Å²) in [7, 11) is -3.73. The van der Waals surface area contributed by atoms with Crippen molar-refractivity contribution in [3.8, 4) is 5.75 Å². The van der Waals surface area contributed by atoms with E-state index in [1.807, 2.05) is 13.0 Å². The average Bonchev–Trinajstić information content (AvgIpc) is 2.74. The Morgan fingerprint density at radius 3 is 2.41 bits per heavy atom. The van der Waals surface area contributed by atoms with E-state index in [1.165, 1.54) is 6.20 Å². The van der Waals surface area contributed by atoms with E-state index < -0.39 is 21.0 Å². The first kappa shape index (κ1) is 20.5. The Bertz CT molecular complexity index is 1040. The first-order valence-electron chi connectivity index (χ1n) is 9.12. The van der Waals surface area contributed by atoms with Gasteiger partial charge in [-0.05, 0) is 42.8 Å². The summed E-state index contributed by atoms with van der Waals surface area (Å²) in [6.45, 7) is 1.61. The second kappa shape index (κ2) is 9.34. The molecule has 3 aromatic rings. The maximum Gasteiger partial charge on any atom is 0.257 e. The van der Waals surface area contributed by atoms with Gasteiger partial charge in [0.25, 0.3) is 5.91 Å². The monoisotopic (exact) mass is 410 g/mol. The maximum atomic E-state index is 13.2. The lowest BCUT2D eigenvalue weighted by Gasteiger charge is -2.19. The number of rotatable bonds is 8. The lowest BCUT2D eigenvalue weighted by Crippen LogP contribution is -2.35. The molecule has 0 saturated carbocycles. The van der Waals surface area contributed by atoms with E-state index in [0.717, 1.165) is 5.56 Å². The molecule has 0 aliphatic rings. The predicted molar refractivity (Wildman–Crippen MR) is 110 cm³/mol. The van der Waals surface area contributed by atoms with E-state index in [1.54, 1.807) is 66.9 Å². The highest BCUT2D eigenvalue weighted by Crippen LogP contribution is 2.28. The Morgan fingerprint density at radius 2 is 1.76 bits per heavy atom. The van der Waals surface area contributed by atoms with Crippen LogP contribution in [-0.4, -0.2) is 32.5 Å². The molecule has 0 fully saturated rings. The Balaban J connectivity index is 1.74. The zero-order valence-electron chi connectivity index (χ0n) is 16.0. The van der Waals surface area contributed by atoms with Crippen LogP contribution in [0.2, 0.25) is 0 Å². The third kappa shape index (κ3) is 5.42. The Hall–Kier alpha value is -3.19. The summed E-state index contributed by atoms with van der Waals surface area (Å²) < 4.78 is 31.9. The lowest BCUT2D eigenvalue weighted by molar-refractivity contribution is -0.123. The van der Waals surface area contributed by atoms with Gasteiger partial charge in [-0.1, -0.05) is 42.0 Å². The summed E-state index contributed by atoms with van der Waals surface area (Å²) in [5.41, 5.74) is 1.48. The minimum atomic E-state index is -3.73. The van der Waals surface area contributed by atoms with Crippen LogP contribution in [0.4, 0.5) is 0 Å². The first-order chi connectivity index (χ1) is 14.0. The molecule has 0 spiro atoms. The van der Waals surface area contributed by atoms with Crippen LogP contribution in [0.15, 0.2) is 84.0 Å². The summed E-state index contributed by atoms with van der Waals surface area (Å²) in [6.07, 6.45) is 3.08. The van der Waals surface area contributed by atoms with Gasteiger partial charge in [0.05, 0.1) is 4.90 Å². The number of para-hydroxylation sites is 1. The number of aryl methyl sites for hydroxylation is 1. The van der Waals surface area contributed by atoms with Gasteiger partial charge >= 0.3 is 0 Å². The fourth-order valence-corrected chi connectivity index (χ4v) is 4.43. The number of nitrogens with zero attached hydrogens (tertiary/aromatic N) is 1. The fourth-order valence-electron chi connectivity index (χ4n) is 2.79. The molecule has 2 aromatic carbocycles. The van der Waals surface area contributed by atoms with Gasteiger partial charge in [-0.2, -0.15) is 0 Å². The molecule has 1 heterocycles. The fraction of sp³-hybridized carbons (Fsp3) is 0.182. The second-order valence-electron chi connectivity index (χ2n) is 6.54. The van der Waals surface area contributed by atoms with Crippen molar-refractivity contribution in [3.63, 3.8) is 0 Å². The van der Waals surface area contributed by atoms with E-state index in [0.29, 0.717) is 11.3 Å². The van der Waals surface area contributed by atoms with Crippen molar-refractivity contribution in [3.05, 3.63) is 90.3 Å². The van der Waals surface area contributed by atoms with E-state index in [-0.39, 0.29) is 18.0 Å². The minimum Gasteiger partial charge on any atom is -0.484 e. The normalized spacial score (nSPS) is 12.2. The molecule has 3 rings (SSSR count). The number of nitrogens with one attached hydrogen (secondary N) is 1. The largest absolute Gasteiger partial charge is 0.484 e. The van der Waals surface area contributed by atoms with Gasteiger partial charge in [-0.25, -0.2) is 8.42 Å². The molecule has 1 N–H and O–H groups in total. The van der Waals surface area contributed by atoms with E-state index >= 15 is 0 Å². The molecule has 0 aliphatic carbocycles. The molecule has 6 nitrogen and oxygen atoms in total. The van der Waals surface area contributed by atoms with Crippen molar-refractivity contribution >= 4 is 15.7 Å². The van der Waals surface area contributed by atoms with Crippen LogP contribution >= 0.6 is 0 Å². The number of amides is 1. The van der Waals surface area contributed by atoms with Gasteiger partial charge < -0.3 is 10.1 Å². The van der Waals surface area contributed by atoms with Crippen LogP contribution in [0.5, 0.6) is 5.75 Å². The summed E-state index contributed by atoms with van der Waals surface area (Å²) in [5.74, 6) is 0.167. The summed E-state index contributed by atoms with van der Waals surface area (Å²) in [5, 5.41) is 1.71. The van der Waals surface area contributed by atoms with Crippen LogP contribution in [0.25, 0.3) is 0 Å². The maximum absolute atomic E-state index is 13.2. The molecule has 0 radical (unpaired) electrons. The summed E-state index contributed by atoms with van der Waals surface area (Å²) in [4.78, 5) is 16.4. The Morgan fingerprint density at radius 1 is 1.03 bits per heavy atom. The van der Waals surface area contributed by atoms with Gasteiger partial charge in [0.15, 0.2) is 16.4 Å². The van der Waals surface area contributed by atoms with Crippen molar-refractivity contribution in [1.82, 2.24) is 10.3 Å². The predicted octanol–water partition coefficient (Wildman–Crippen LogP) is 3.10. The van der Waals surface area contributed by atoms with Crippen LogP contribution in [0.3, 0.4) is 0 Å². The number of hydrogen-bond acceptors (Lipinski definition) is 5. The van der Waals surface area contributed by atoms with Crippen molar-refractivity contribution in [1.29, 1.82) is 0 Å². The smallest absolute Gasteiger partial charge is 0.257 e. The highest BCUT2D eigenvalue weighted by Gasteiger charge is 2.29. The third-order valence-corrected chi connectivity index (χ3v) is 6.50. The number of carbonyl (C=O) groups is 1. The van der Waals surface area contributed by atoms with Gasteiger partial charge in [0.1, 0.15) is 11.0 Å². The van der Waals surface area contributed by atoms with Gasteiger partial charge in [0.2, 0.25) is 0 Å². The van der Waals surface area contributed by atoms with Crippen LogP contribution in [-0.2, 0) is 14.6 Å². The molecule has 1 atom stereocenters. The van der Waals surface area contributed by atoms with Gasteiger partial charge in [-0.3, -0.25) is 9.78 Å². The number of benzene rings is 2. The molecule has 0 bridgehead atoms. The summed E-state index contributed by atoms with van der Waals surface area (Å²) >= 11 is 0. The highest BCUT2D eigenvalue weighted by atomic mass is 32.2. The molecule has 1 aromatic heterocycles. The van der Waals surface area contributed by atoms with Crippen LogP contribution < -0.4 is 10.1 Å². The van der Waals surface area contributed by atoms with Crippen molar-refractivity contribution in [2.24, 2.45) is 0 Å². The zero-order valence-corrected chi connectivity index (χ0v) is 16.8. The molecule has 0 aliphatic heterocycles. The number of ether oxygens (including phenoxy) is 1. The third-order valence-electron chi connectivity index (χ3n) is 4.38. The van der Waals surface area contributed by atoms with Crippen LogP contribution in [0.1, 0.15) is 16.4 Å². The van der Waals surface area contributed by atoms with E-state index in [4.69, 9.17) is 4.74 Å². The SMILES string of the molecule is Cc1ccc(S(=O)(=O)[C@H](CNC(=O)COc2ccccc2)c2cccnc2)cc1. The number of hydrogen-bond donors (Lipinski definition) is 1. The van der Waals surface area contributed by atoms with E-state index in [2.05, 4.69) is 10.3 Å². The molecule has 29 heavy (non-hydrogen) atoms. The number of pyridine rings is 1. The van der Waals surface area contributed by atoms with Crippen molar-refractivity contribution in [2.75, 3.05) is 13.2 Å². The first-order valence-corrected chi connectivity index (χ1v) is 10.7. The van der Waals surface area contributed by atoms with Gasteiger partial charge in [0, 0.05) is 18.9 Å². The van der Waals surface area contributed by atoms with Crippen LogP contribution in [0, 0.1) is 6.92 Å². The average molecular weight is 410 g/mol. The highest BCUT2D eigenvalue weighted by molar-refractivity contribution is 7.91. The van der Waals surface area contributed by atoms with Crippen molar-refractivity contribution in [2.45, 2.75) is 17.1 Å². The molecule has 7 heteroatoms. The van der Waals surface area contributed by atoms with Crippen molar-refractivity contribution < 1.29 is 17.9 Å². The molecule has 0 saturated heterocycles. The van der Waals surface area contributed by atoms with E-state index in [9.17, 15) is 13.2 Å².